The Labute approximate surface area is 188 Å². The molecule has 0 unspecified atom stereocenters. The third kappa shape index (κ3) is 5.09. The van der Waals surface area contributed by atoms with Gasteiger partial charge in [-0.3, -0.25) is 0 Å². The van der Waals surface area contributed by atoms with Gasteiger partial charge < -0.3 is 23.7 Å². The lowest BCUT2D eigenvalue weighted by Gasteiger charge is -2.40. The van der Waals surface area contributed by atoms with Gasteiger partial charge >= 0.3 is 0 Å². The Hall–Kier alpha value is -2.54. The molecular formula is C27H28O5. The Bertz CT molecular complexity index is 892. The molecule has 5 nitrogen and oxygen atoms in total. The third-order valence-corrected chi connectivity index (χ3v) is 5.87. The fraction of sp³-hybridized carbons (Fsp3) is 0.333. The highest BCUT2D eigenvalue weighted by molar-refractivity contribution is 5.15. The molecular weight excluding hydrogens is 404 g/mol. The van der Waals surface area contributed by atoms with Gasteiger partial charge in [-0.25, -0.2) is 0 Å². The first-order chi connectivity index (χ1) is 15.9. The van der Waals surface area contributed by atoms with Crippen LogP contribution in [0.25, 0.3) is 0 Å². The zero-order valence-electron chi connectivity index (χ0n) is 17.9. The molecule has 2 saturated heterocycles. The van der Waals surface area contributed by atoms with Crippen molar-refractivity contribution in [1.29, 1.82) is 0 Å². The number of ether oxygens (including phenoxy) is 5. The molecule has 0 aliphatic carbocycles. The number of rotatable bonds is 9. The van der Waals surface area contributed by atoms with Crippen LogP contribution in [0.2, 0.25) is 0 Å². The van der Waals surface area contributed by atoms with Crippen molar-refractivity contribution in [2.24, 2.45) is 0 Å². The molecule has 5 heteroatoms. The lowest BCUT2D eigenvalue weighted by Crippen LogP contribution is -2.56. The smallest absolute Gasteiger partial charge is 0.187 e. The van der Waals surface area contributed by atoms with Gasteiger partial charge in [-0.1, -0.05) is 91.0 Å². The quantitative estimate of drug-likeness (QED) is 0.498. The third-order valence-electron chi connectivity index (χ3n) is 5.87. The van der Waals surface area contributed by atoms with Crippen LogP contribution in [0.4, 0.5) is 0 Å². The lowest BCUT2D eigenvalue weighted by molar-refractivity contribution is -0.268. The number of benzene rings is 3. The molecule has 2 fully saturated rings. The highest BCUT2D eigenvalue weighted by atomic mass is 16.8. The number of hydrogen-bond donors (Lipinski definition) is 0. The Morgan fingerprint density at radius 2 is 1.00 bits per heavy atom. The summed E-state index contributed by atoms with van der Waals surface area (Å²) in [4.78, 5) is 0. The first-order valence-corrected chi connectivity index (χ1v) is 11.1. The Kier molecular flexibility index (Phi) is 6.92. The van der Waals surface area contributed by atoms with E-state index in [0.29, 0.717) is 26.4 Å². The van der Waals surface area contributed by atoms with Crippen LogP contribution in [0.3, 0.4) is 0 Å². The first kappa shape index (κ1) is 21.3. The molecule has 0 amide bonds. The molecule has 166 valence electrons. The average molecular weight is 433 g/mol. The van der Waals surface area contributed by atoms with Crippen LogP contribution < -0.4 is 0 Å². The second-order valence-corrected chi connectivity index (χ2v) is 8.16. The predicted molar refractivity (Wildman–Crippen MR) is 120 cm³/mol. The van der Waals surface area contributed by atoms with Crippen molar-refractivity contribution < 1.29 is 23.7 Å². The summed E-state index contributed by atoms with van der Waals surface area (Å²) in [5.41, 5.74) is 3.31. The Balaban J connectivity index is 1.33. The van der Waals surface area contributed by atoms with Crippen molar-refractivity contribution in [3.05, 3.63) is 108 Å². The van der Waals surface area contributed by atoms with E-state index in [2.05, 4.69) is 24.3 Å². The summed E-state index contributed by atoms with van der Waals surface area (Å²) in [5.74, 6) is 0. The van der Waals surface area contributed by atoms with Gasteiger partial charge in [-0.2, -0.15) is 0 Å². The summed E-state index contributed by atoms with van der Waals surface area (Å²) in [5, 5.41) is 0. The molecule has 3 aromatic carbocycles. The zero-order valence-corrected chi connectivity index (χ0v) is 17.9. The van der Waals surface area contributed by atoms with Gasteiger partial charge in [-0.05, 0) is 16.7 Å². The molecule has 0 spiro atoms. The van der Waals surface area contributed by atoms with E-state index in [1.807, 2.05) is 66.7 Å². The minimum atomic E-state index is -0.457. The molecule has 0 radical (unpaired) electrons. The fourth-order valence-electron chi connectivity index (χ4n) is 4.20. The van der Waals surface area contributed by atoms with Gasteiger partial charge in [0.05, 0.1) is 26.4 Å². The highest BCUT2D eigenvalue weighted by Gasteiger charge is 2.52. The van der Waals surface area contributed by atoms with E-state index in [1.165, 1.54) is 0 Å². The maximum absolute atomic E-state index is 6.44. The van der Waals surface area contributed by atoms with Crippen LogP contribution in [-0.2, 0) is 43.5 Å². The summed E-state index contributed by atoms with van der Waals surface area (Å²) in [6, 6.07) is 30.4. The van der Waals surface area contributed by atoms with E-state index in [9.17, 15) is 0 Å². The van der Waals surface area contributed by atoms with Crippen molar-refractivity contribution >= 4 is 0 Å². The maximum atomic E-state index is 6.44. The van der Waals surface area contributed by atoms with E-state index in [-0.39, 0.29) is 18.3 Å². The molecule has 32 heavy (non-hydrogen) atoms. The van der Waals surface area contributed by atoms with Crippen LogP contribution in [0.5, 0.6) is 0 Å². The summed E-state index contributed by atoms with van der Waals surface area (Å²) >= 11 is 0. The molecule has 5 rings (SSSR count). The van der Waals surface area contributed by atoms with E-state index < -0.39 is 12.4 Å². The first-order valence-electron chi connectivity index (χ1n) is 11.1. The molecule has 0 aromatic heterocycles. The van der Waals surface area contributed by atoms with Gasteiger partial charge in [0.15, 0.2) is 6.29 Å². The summed E-state index contributed by atoms with van der Waals surface area (Å²) in [7, 11) is 0. The van der Waals surface area contributed by atoms with Crippen LogP contribution in [0, 0.1) is 0 Å². The topological polar surface area (TPSA) is 46.2 Å². The molecule has 2 bridgehead atoms. The van der Waals surface area contributed by atoms with Gasteiger partial charge in [0.1, 0.15) is 24.4 Å². The van der Waals surface area contributed by atoms with Crippen molar-refractivity contribution in [3.8, 4) is 0 Å². The Morgan fingerprint density at radius 3 is 1.50 bits per heavy atom. The summed E-state index contributed by atoms with van der Waals surface area (Å²) in [6.45, 7) is 1.88. The summed E-state index contributed by atoms with van der Waals surface area (Å²) in [6.07, 6.45) is -1.63. The van der Waals surface area contributed by atoms with E-state index in [1.54, 1.807) is 0 Å². The van der Waals surface area contributed by atoms with Gasteiger partial charge in [0.2, 0.25) is 0 Å². The SMILES string of the molecule is c1ccc(CO[C@@H]2[C@@H](OCc3ccccc3)[C@H]3OC[C@@H](O3)[C@H]2OCc2ccccc2)cc1. The van der Waals surface area contributed by atoms with Gasteiger partial charge in [0, 0.05) is 0 Å². The monoisotopic (exact) mass is 432 g/mol. The molecule has 5 atom stereocenters. The van der Waals surface area contributed by atoms with E-state index >= 15 is 0 Å². The van der Waals surface area contributed by atoms with Crippen LogP contribution >= 0.6 is 0 Å². The van der Waals surface area contributed by atoms with Crippen molar-refractivity contribution in [2.75, 3.05) is 6.61 Å². The number of hydrogen-bond acceptors (Lipinski definition) is 5. The second kappa shape index (κ2) is 10.4. The highest BCUT2D eigenvalue weighted by Crippen LogP contribution is 2.35. The normalized spacial score (nSPS) is 26.8. The minimum Gasteiger partial charge on any atom is -0.368 e. The number of fused-ring (bicyclic) bond motifs is 2. The van der Waals surface area contributed by atoms with Gasteiger partial charge in [0.25, 0.3) is 0 Å². The standard InChI is InChI=1S/C27H28O5/c1-4-10-20(11-5-1)16-28-24-23-19-31-27(32-23)26(30-18-22-14-8-3-9-15-22)25(24)29-17-21-12-6-2-7-13-21/h1-15,23-27H,16-19H2/t23-,24-,25+,26-,27+/m1/s1. The van der Waals surface area contributed by atoms with Crippen molar-refractivity contribution in [1.82, 2.24) is 0 Å². The Morgan fingerprint density at radius 1 is 0.562 bits per heavy atom. The largest absolute Gasteiger partial charge is 0.368 e. The minimum absolute atomic E-state index is 0.180. The van der Waals surface area contributed by atoms with E-state index in [4.69, 9.17) is 23.7 Å². The van der Waals surface area contributed by atoms with Crippen LogP contribution in [0.15, 0.2) is 91.0 Å². The molecule has 2 heterocycles. The van der Waals surface area contributed by atoms with Crippen molar-refractivity contribution in [3.63, 3.8) is 0 Å². The molecule has 0 N–H and O–H groups in total. The van der Waals surface area contributed by atoms with Gasteiger partial charge in [-0.15, -0.1) is 0 Å². The molecule has 2 aliphatic rings. The zero-order chi connectivity index (χ0) is 21.6. The molecule has 2 aliphatic heterocycles. The van der Waals surface area contributed by atoms with Crippen LogP contribution in [0.1, 0.15) is 16.7 Å². The van der Waals surface area contributed by atoms with E-state index in [0.717, 1.165) is 16.7 Å². The lowest BCUT2D eigenvalue weighted by atomic mass is 10.00. The summed E-state index contributed by atoms with van der Waals surface area (Å²) < 4.78 is 31.2. The average Bonchev–Trinajstić information content (AvgIpc) is 3.29. The van der Waals surface area contributed by atoms with Crippen LogP contribution in [-0.4, -0.2) is 37.3 Å². The maximum Gasteiger partial charge on any atom is 0.187 e. The van der Waals surface area contributed by atoms with Crippen molar-refractivity contribution in [2.45, 2.75) is 50.5 Å². The molecule has 3 aromatic rings. The fourth-order valence-corrected chi connectivity index (χ4v) is 4.20. The molecule has 0 saturated carbocycles. The predicted octanol–water partition coefficient (Wildman–Crippen LogP) is 4.50. The second-order valence-electron chi connectivity index (χ2n) is 8.16.